The first-order valence-electron chi connectivity index (χ1n) is 7.33. The van der Waals surface area contributed by atoms with Crippen molar-refractivity contribution in [3.05, 3.63) is 0 Å². The number of unbranched alkanes of at least 4 members (excludes halogenated alkanes) is 1. The fourth-order valence-corrected chi connectivity index (χ4v) is 1.90. The fourth-order valence-electron chi connectivity index (χ4n) is 1.90. The van der Waals surface area contributed by atoms with E-state index in [9.17, 15) is 0 Å². The quantitative estimate of drug-likeness (QED) is 0.557. The van der Waals surface area contributed by atoms with Crippen LogP contribution < -0.4 is 5.73 Å². The third-order valence-corrected chi connectivity index (χ3v) is 3.59. The van der Waals surface area contributed by atoms with Gasteiger partial charge in [0.15, 0.2) is 0 Å². The highest BCUT2D eigenvalue weighted by Crippen LogP contribution is 2.20. The number of hydrogen-bond donors (Lipinski definition) is 1. The molecule has 0 saturated carbocycles. The van der Waals surface area contributed by atoms with Crippen molar-refractivity contribution >= 4 is 0 Å². The van der Waals surface area contributed by atoms with Crippen LogP contribution in [0.1, 0.15) is 66.2 Å². The van der Waals surface area contributed by atoms with Gasteiger partial charge in [-0.25, -0.2) is 0 Å². The molecule has 1 atom stereocenters. The molecule has 0 aromatic heterocycles. The molecule has 0 heterocycles. The summed E-state index contributed by atoms with van der Waals surface area (Å²) in [5.41, 5.74) is 5.98. The molecule has 0 bridgehead atoms. The summed E-state index contributed by atoms with van der Waals surface area (Å²) in [5, 5.41) is 0. The SMILES string of the molecule is CCCCC(CC)COCCCC(C)(C)CN. The van der Waals surface area contributed by atoms with Crippen molar-refractivity contribution < 1.29 is 4.74 Å². The third-order valence-electron chi connectivity index (χ3n) is 3.59. The van der Waals surface area contributed by atoms with Crippen molar-refractivity contribution in [2.45, 2.75) is 66.2 Å². The predicted octanol–water partition coefficient (Wildman–Crippen LogP) is 3.98. The Kier molecular flexibility index (Phi) is 9.85. The number of hydrogen-bond acceptors (Lipinski definition) is 2. The monoisotopic (exact) mass is 243 g/mol. The second-order valence-electron chi connectivity index (χ2n) is 5.96. The number of nitrogens with two attached hydrogens (primary N) is 1. The van der Waals surface area contributed by atoms with Crippen molar-refractivity contribution in [3.63, 3.8) is 0 Å². The highest BCUT2D eigenvalue weighted by Gasteiger charge is 2.14. The molecular formula is C15H33NO. The van der Waals surface area contributed by atoms with Crippen LogP contribution in [0.15, 0.2) is 0 Å². The van der Waals surface area contributed by atoms with E-state index in [1.165, 1.54) is 25.7 Å². The summed E-state index contributed by atoms with van der Waals surface area (Å²) in [7, 11) is 0. The van der Waals surface area contributed by atoms with Gasteiger partial charge in [0.2, 0.25) is 0 Å². The van der Waals surface area contributed by atoms with Crippen molar-refractivity contribution in [1.82, 2.24) is 0 Å². The van der Waals surface area contributed by atoms with Gasteiger partial charge in [-0.1, -0.05) is 47.0 Å². The Hall–Kier alpha value is -0.0800. The second kappa shape index (κ2) is 9.90. The van der Waals surface area contributed by atoms with Crippen LogP contribution in [-0.4, -0.2) is 19.8 Å². The molecule has 0 aromatic rings. The van der Waals surface area contributed by atoms with Crippen LogP contribution in [0.2, 0.25) is 0 Å². The van der Waals surface area contributed by atoms with Gasteiger partial charge >= 0.3 is 0 Å². The molecule has 1 unspecified atom stereocenters. The van der Waals surface area contributed by atoms with E-state index in [0.29, 0.717) is 0 Å². The van der Waals surface area contributed by atoms with Gasteiger partial charge in [-0.15, -0.1) is 0 Å². The second-order valence-corrected chi connectivity index (χ2v) is 5.96. The Morgan fingerprint density at radius 1 is 1.18 bits per heavy atom. The van der Waals surface area contributed by atoms with Crippen LogP contribution in [0.5, 0.6) is 0 Å². The van der Waals surface area contributed by atoms with Crippen molar-refractivity contribution in [2.75, 3.05) is 19.8 Å². The normalized spacial score (nSPS) is 13.9. The Morgan fingerprint density at radius 3 is 2.41 bits per heavy atom. The summed E-state index contributed by atoms with van der Waals surface area (Å²) in [4.78, 5) is 0. The van der Waals surface area contributed by atoms with E-state index in [4.69, 9.17) is 10.5 Å². The lowest BCUT2D eigenvalue weighted by molar-refractivity contribution is 0.0854. The zero-order chi connectivity index (χ0) is 13.1. The molecule has 0 saturated heterocycles. The van der Waals surface area contributed by atoms with Crippen molar-refractivity contribution in [3.8, 4) is 0 Å². The standard InChI is InChI=1S/C15H33NO/c1-5-7-9-14(6-2)12-17-11-8-10-15(3,4)13-16/h14H,5-13,16H2,1-4H3. The smallest absolute Gasteiger partial charge is 0.0494 e. The van der Waals surface area contributed by atoms with Crippen LogP contribution in [0, 0.1) is 11.3 Å². The van der Waals surface area contributed by atoms with E-state index < -0.39 is 0 Å². The topological polar surface area (TPSA) is 35.2 Å². The van der Waals surface area contributed by atoms with Crippen LogP contribution in [0.4, 0.5) is 0 Å². The molecule has 17 heavy (non-hydrogen) atoms. The van der Waals surface area contributed by atoms with Crippen molar-refractivity contribution in [2.24, 2.45) is 17.1 Å². The molecule has 2 nitrogen and oxygen atoms in total. The minimum Gasteiger partial charge on any atom is -0.381 e. The van der Waals surface area contributed by atoms with Gasteiger partial charge in [0.05, 0.1) is 0 Å². The Bertz CT molecular complexity index is 168. The van der Waals surface area contributed by atoms with E-state index in [2.05, 4.69) is 27.7 Å². The molecule has 2 heteroatoms. The maximum Gasteiger partial charge on any atom is 0.0494 e. The summed E-state index contributed by atoms with van der Waals surface area (Å²) in [6, 6.07) is 0. The molecule has 2 N–H and O–H groups in total. The minimum atomic E-state index is 0.274. The first-order chi connectivity index (χ1) is 8.05. The Labute approximate surface area is 108 Å². The molecular weight excluding hydrogens is 210 g/mol. The molecule has 0 radical (unpaired) electrons. The van der Waals surface area contributed by atoms with Gasteiger partial charge < -0.3 is 10.5 Å². The van der Waals surface area contributed by atoms with E-state index in [0.717, 1.165) is 38.5 Å². The van der Waals surface area contributed by atoms with Gasteiger partial charge in [-0.05, 0) is 37.1 Å². The molecule has 0 aliphatic carbocycles. The van der Waals surface area contributed by atoms with Crippen LogP contribution in [0.25, 0.3) is 0 Å². The molecule has 0 spiro atoms. The van der Waals surface area contributed by atoms with Gasteiger partial charge in [0.1, 0.15) is 0 Å². The predicted molar refractivity (Wildman–Crippen MR) is 76.2 cm³/mol. The van der Waals surface area contributed by atoms with Crippen LogP contribution >= 0.6 is 0 Å². The first-order valence-corrected chi connectivity index (χ1v) is 7.33. The summed E-state index contributed by atoms with van der Waals surface area (Å²) in [5.74, 6) is 0.762. The third kappa shape index (κ3) is 9.61. The summed E-state index contributed by atoms with van der Waals surface area (Å²) < 4.78 is 5.78. The summed E-state index contributed by atoms with van der Waals surface area (Å²) >= 11 is 0. The molecule has 0 aromatic carbocycles. The largest absolute Gasteiger partial charge is 0.381 e. The highest BCUT2D eigenvalue weighted by molar-refractivity contribution is 4.68. The summed E-state index contributed by atoms with van der Waals surface area (Å²) in [6.45, 7) is 11.6. The van der Waals surface area contributed by atoms with Gasteiger partial charge in [0, 0.05) is 13.2 Å². The maximum atomic E-state index is 5.78. The van der Waals surface area contributed by atoms with E-state index in [1.807, 2.05) is 0 Å². The Morgan fingerprint density at radius 2 is 1.88 bits per heavy atom. The van der Waals surface area contributed by atoms with Gasteiger partial charge in [-0.3, -0.25) is 0 Å². The van der Waals surface area contributed by atoms with Crippen molar-refractivity contribution in [1.29, 1.82) is 0 Å². The Balaban J connectivity index is 3.48. The van der Waals surface area contributed by atoms with E-state index >= 15 is 0 Å². The van der Waals surface area contributed by atoms with Crippen LogP contribution in [-0.2, 0) is 4.74 Å². The van der Waals surface area contributed by atoms with E-state index in [-0.39, 0.29) is 5.41 Å². The zero-order valence-electron chi connectivity index (χ0n) is 12.4. The average Bonchev–Trinajstić information content (AvgIpc) is 2.32. The lowest BCUT2D eigenvalue weighted by atomic mass is 9.88. The minimum absolute atomic E-state index is 0.274. The average molecular weight is 243 g/mol. The fraction of sp³-hybridized carbons (Fsp3) is 1.00. The van der Waals surface area contributed by atoms with Crippen LogP contribution in [0.3, 0.4) is 0 Å². The van der Waals surface area contributed by atoms with Gasteiger partial charge in [0.25, 0.3) is 0 Å². The lowest BCUT2D eigenvalue weighted by Gasteiger charge is -2.22. The molecule has 0 fully saturated rings. The summed E-state index contributed by atoms with van der Waals surface area (Å²) in [6.07, 6.45) is 7.49. The van der Waals surface area contributed by atoms with Gasteiger partial charge in [-0.2, -0.15) is 0 Å². The number of ether oxygens (including phenoxy) is 1. The van der Waals surface area contributed by atoms with E-state index in [1.54, 1.807) is 0 Å². The zero-order valence-corrected chi connectivity index (χ0v) is 12.4. The molecule has 0 amide bonds. The molecule has 0 aliphatic heterocycles. The molecule has 0 aliphatic rings. The molecule has 0 rings (SSSR count). The molecule has 104 valence electrons. The number of rotatable bonds is 11. The first kappa shape index (κ1) is 16.9. The maximum absolute atomic E-state index is 5.78. The highest BCUT2D eigenvalue weighted by atomic mass is 16.5. The lowest BCUT2D eigenvalue weighted by Crippen LogP contribution is -2.23.